The molecule has 0 N–H and O–H groups in total. The molecule has 0 heterocycles. The van der Waals surface area contributed by atoms with Gasteiger partial charge in [0.2, 0.25) is 0 Å². The van der Waals surface area contributed by atoms with Gasteiger partial charge in [-0.2, -0.15) is 0 Å². The van der Waals surface area contributed by atoms with E-state index >= 15 is 0 Å². The Morgan fingerprint density at radius 1 is 1.23 bits per heavy atom. The zero-order valence-electron chi connectivity index (χ0n) is 8.16. The Labute approximate surface area is 81.8 Å². The van der Waals surface area contributed by atoms with Gasteiger partial charge in [0.1, 0.15) is 0 Å². The molecule has 0 nitrogen and oxygen atoms in total. The molecule has 0 bridgehead atoms. The Bertz CT molecular complexity index is 272. The average Bonchev–Trinajstić information content (AvgIpc) is 2.02. The molecule has 0 unspecified atom stereocenters. The van der Waals surface area contributed by atoms with Gasteiger partial charge in [0.15, 0.2) is 0 Å². The molecule has 0 saturated heterocycles. The summed E-state index contributed by atoms with van der Waals surface area (Å²) in [4.78, 5) is 0. The first-order valence-corrected chi connectivity index (χ1v) is 5.05. The molecule has 1 aromatic carbocycles. The van der Waals surface area contributed by atoms with Crippen molar-refractivity contribution in [2.24, 2.45) is 5.92 Å². The third-order valence-electron chi connectivity index (χ3n) is 3.35. The molecule has 0 spiro atoms. The third-order valence-corrected chi connectivity index (χ3v) is 3.35. The first-order chi connectivity index (χ1) is 6.21. The monoisotopic (exact) mass is 170 g/mol. The average molecular weight is 170 g/mol. The Hall–Kier alpha value is -0.715. The summed E-state index contributed by atoms with van der Waals surface area (Å²) in [5, 5.41) is -0.112. The first-order valence-electron chi connectivity index (χ1n) is 5.05. The lowest BCUT2D eigenvalue weighted by atomic mass is 9.53. The molecular formula is C12H15B. The van der Waals surface area contributed by atoms with Crippen LogP contribution in [0.2, 0.25) is 0 Å². The van der Waals surface area contributed by atoms with Gasteiger partial charge >= 0.3 is 0 Å². The zero-order valence-corrected chi connectivity index (χ0v) is 8.16. The molecule has 2 rings (SSSR count). The minimum absolute atomic E-state index is 0.112. The molecule has 1 aliphatic carbocycles. The van der Waals surface area contributed by atoms with E-state index in [0.717, 1.165) is 0 Å². The summed E-state index contributed by atoms with van der Waals surface area (Å²) in [5.74, 6) is 0.690. The Balaban J connectivity index is 2.23. The van der Waals surface area contributed by atoms with Crippen molar-refractivity contribution < 1.29 is 0 Å². The Morgan fingerprint density at radius 2 is 1.85 bits per heavy atom. The highest BCUT2D eigenvalue weighted by Crippen LogP contribution is 2.41. The van der Waals surface area contributed by atoms with E-state index in [1.807, 2.05) is 6.07 Å². The van der Waals surface area contributed by atoms with Crippen molar-refractivity contribution in [3.8, 4) is 0 Å². The van der Waals surface area contributed by atoms with Gasteiger partial charge in [0, 0.05) is 0 Å². The van der Waals surface area contributed by atoms with Crippen molar-refractivity contribution in [2.45, 2.75) is 31.5 Å². The smallest absolute Gasteiger partial charge is 0.0634 e. The van der Waals surface area contributed by atoms with E-state index in [1.54, 1.807) is 0 Å². The molecule has 1 heteroatoms. The molecule has 1 aromatic rings. The molecule has 1 atom stereocenters. The van der Waals surface area contributed by atoms with E-state index in [-0.39, 0.29) is 5.31 Å². The molecule has 0 aliphatic heterocycles. The fraction of sp³-hybridized carbons (Fsp3) is 0.500. The molecule has 13 heavy (non-hydrogen) atoms. The summed E-state index contributed by atoms with van der Waals surface area (Å²) in [5.41, 5.74) is 1.28. The van der Waals surface area contributed by atoms with Gasteiger partial charge in [-0.3, -0.25) is 0 Å². The largest absolute Gasteiger partial charge is 0.0810 e. The molecule has 1 fully saturated rings. The van der Waals surface area contributed by atoms with E-state index < -0.39 is 0 Å². The fourth-order valence-corrected chi connectivity index (χ4v) is 2.04. The minimum Gasteiger partial charge on any atom is -0.0634 e. The lowest BCUT2D eigenvalue weighted by Gasteiger charge is -2.41. The van der Waals surface area contributed by atoms with Gasteiger partial charge in [0.25, 0.3) is 0 Å². The van der Waals surface area contributed by atoms with E-state index in [4.69, 9.17) is 7.85 Å². The van der Waals surface area contributed by atoms with Gasteiger partial charge in [0.05, 0.1) is 7.85 Å². The summed E-state index contributed by atoms with van der Waals surface area (Å²) in [6.45, 7) is 2.16. The van der Waals surface area contributed by atoms with Crippen molar-refractivity contribution in [1.29, 1.82) is 0 Å². The van der Waals surface area contributed by atoms with Gasteiger partial charge in [-0.1, -0.05) is 62.1 Å². The topological polar surface area (TPSA) is 0 Å². The Morgan fingerprint density at radius 3 is 2.31 bits per heavy atom. The van der Waals surface area contributed by atoms with E-state index in [1.165, 1.54) is 24.8 Å². The maximum Gasteiger partial charge on any atom is 0.0810 e. The van der Waals surface area contributed by atoms with Crippen LogP contribution in [0.15, 0.2) is 30.3 Å². The van der Waals surface area contributed by atoms with Crippen LogP contribution >= 0.6 is 0 Å². The maximum atomic E-state index is 6.34. The number of hydrogen-bond donors (Lipinski definition) is 0. The molecular weight excluding hydrogens is 155 g/mol. The van der Waals surface area contributed by atoms with E-state index in [9.17, 15) is 0 Å². The zero-order chi connectivity index (χ0) is 9.31. The predicted octanol–water partition coefficient (Wildman–Crippen LogP) is 2.87. The lowest BCUT2D eigenvalue weighted by molar-refractivity contribution is 0.243. The normalized spacial score (nSPS) is 21.9. The van der Waals surface area contributed by atoms with Crippen molar-refractivity contribution in [3.63, 3.8) is 0 Å². The first kappa shape index (κ1) is 8.86. The number of rotatable bonds is 2. The molecule has 1 aliphatic rings. The van der Waals surface area contributed by atoms with Gasteiger partial charge in [-0.25, -0.2) is 0 Å². The summed E-state index contributed by atoms with van der Waals surface area (Å²) >= 11 is 0. The van der Waals surface area contributed by atoms with Crippen LogP contribution in [0.4, 0.5) is 0 Å². The maximum absolute atomic E-state index is 6.34. The van der Waals surface area contributed by atoms with Gasteiger partial charge in [-0.15, -0.1) is 0 Å². The highest BCUT2D eigenvalue weighted by molar-refractivity contribution is 6.15. The number of benzene rings is 1. The van der Waals surface area contributed by atoms with Crippen LogP contribution in [0, 0.1) is 5.92 Å². The second-order valence-electron chi connectivity index (χ2n) is 4.28. The standard InChI is InChI=1S/C12H15B/c1-12(13,11-8-5-9-11)10-6-3-2-4-7-10/h2-4,6-7,11H,5,8-9H2,1H3/t12-/m0/s1. The molecule has 0 aromatic heterocycles. The van der Waals surface area contributed by atoms with Crippen LogP contribution in [0.1, 0.15) is 31.7 Å². The minimum atomic E-state index is -0.112. The van der Waals surface area contributed by atoms with Crippen molar-refractivity contribution in [1.82, 2.24) is 0 Å². The second kappa shape index (κ2) is 3.21. The van der Waals surface area contributed by atoms with Crippen LogP contribution in [0.25, 0.3) is 0 Å². The molecule has 1 saturated carbocycles. The van der Waals surface area contributed by atoms with Crippen LogP contribution in [0.3, 0.4) is 0 Å². The summed E-state index contributed by atoms with van der Waals surface area (Å²) in [6.07, 6.45) is 3.94. The number of hydrogen-bond acceptors (Lipinski definition) is 0. The lowest BCUT2D eigenvalue weighted by Crippen LogP contribution is -2.36. The SMILES string of the molecule is [B][C@@](C)(c1ccccc1)C1CCC1. The molecule has 2 radical (unpaired) electrons. The molecule has 66 valence electrons. The van der Waals surface area contributed by atoms with Crippen LogP contribution in [-0.2, 0) is 5.31 Å². The van der Waals surface area contributed by atoms with E-state index in [0.29, 0.717) is 5.92 Å². The van der Waals surface area contributed by atoms with Gasteiger partial charge in [-0.05, 0) is 11.2 Å². The van der Waals surface area contributed by atoms with E-state index in [2.05, 4.69) is 31.2 Å². The fourth-order valence-electron chi connectivity index (χ4n) is 2.04. The van der Waals surface area contributed by atoms with Crippen LogP contribution in [0.5, 0.6) is 0 Å². The molecule has 0 amide bonds. The third kappa shape index (κ3) is 1.52. The highest BCUT2D eigenvalue weighted by atomic mass is 14.4. The van der Waals surface area contributed by atoms with Crippen LogP contribution in [-0.4, -0.2) is 7.85 Å². The summed E-state index contributed by atoms with van der Waals surface area (Å²) in [6, 6.07) is 10.5. The summed E-state index contributed by atoms with van der Waals surface area (Å²) in [7, 11) is 6.34. The second-order valence-corrected chi connectivity index (χ2v) is 4.28. The quantitative estimate of drug-likeness (QED) is 0.598. The van der Waals surface area contributed by atoms with Crippen molar-refractivity contribution in [3.05, 3.63) is 35.9 Å². The van der Waals surface area contributed by atoms with Gasteiger partial charge < -0.3 is 0 Å². The summed E-state index contributed by atoms with van der Waals surface area (Å²) < 4.78 is 0. The van der Waals surface area contributed by atoms with Crippen molar-refractivity contribution >= 4 is 7.85 Å². The highest BCUT2D eigenvalue weighted by Gasteiger charge is 2.34. The van der Waals surface area contributed by atoms with Crippen molar-refractivity contribution in [2.75, 3.05) is 0 Å². The van der Waals surface area contributed by atoms with Crippen LogP contribution < -0.4 is 0 Å². The predicted molar refractivity (Wildman–Crippen MR) is 56.9 cm³/mol. The Kier molecular flexibility index (Phi) is 2.19.